The van der Waals surface area contributed by atoms with Gasteiger partial charge in [-0.2, -0.15) is 0 Å². The maximum Gasteiger partial charge on any atom is 0.261 e. The van der Waals surface area contributed by atoms with Crippen molar-refractivity contribution >= 4 is 23.4 Å². The minimum Gasteiger partial charge on any atom is -0.497 e. The Morgan fingerprint density at radius 1 is 1.03 bits per heavy atom. The number of hydrogen-bond acceptors (Lipinski definition) is 4. The molecule has 0 bridgehead atoms. The summed E-state index contributed by atoms with van der Waals surface area (Å²) in [4.78, 5) is 27.7. The van der Waals surface area contributed by atoms with Gasteiger partial charge in [-0.3, -0.25) is 9.59 Å². The number of methoxy groups -OCH3 is 1. The molecular weight excluding hydrogens is 416 g/mol. The van der Waals surface area contributed by atoms with Crippen LogP contribution in [0.3, 0.4) is 0 Å². The molecule has 2 amide bonds. The van der Waals surface area contributed by atoms with Gasteiger partial charge < -0.3 is 19.7 Å². The SMILES string of the molecule is CC[C@@H](C(=O)NC(C)(C)C)N(Cc1ccc(Cl)cc1)C(=O)COc1ccc(OC)cc1. The van der Waals surface area contributed by atoms with E-state index in [1.54, 1.807) is 48.4 Å². The number of halogens is 1. The Kier molecular flexibility index (Phi) is 8.75. The Labute approximate surface area is 189 Å². The second-order valence-corrected chi connectivity index (χ2v) is 8.71. The fourth-order valence-electron chi connectivity index (χ4n) is 3.06. The Balaban J connectivity index is 2.20. The van der Waals surface area contributed by atoms with Crippen LogP contribution in [0.25, 0.3) is 0 Å². The second-order valence-electron chi connectivity index (χ2n) is 8.28. The molecule has 2 rings (SSSR count). The maximum atomic E-state index is 13.2. The molecule has 0 aliphatic heterocycles. The fraction of sp³-hybridized carbons (Fsp3) is 0.417. The Bertz CT molecular complexity index is 861. The summed E-state index contributed by atoms with van der Waals surface area (Å²) in [7, 11) is 1.58. The van der Waals surface area contributed by atoms with Crippen LogP contribution >= 0.6 is 11.6 Å². The summed E-state index contributed by atoms with van der Waals surface area (Å²) >= 11 is 5.99. The smallest absolute Gasteiger partial charge is 0.261 e. The molecule has 1 atom stereocenters. The van der Waals surface area contributed by atoms with Crippen LogP contribution in [-0.2, 0) is 16.1 Å². The van der Waals surface area contributed by atoms with E-state index >= 15 is 0 Å². The van der Waals surface area contributed by atoms with E-state index in [0.717, 1.165) is 5.56 Å². The number of nitrogens with one attached hydrogen (secondary N) is 1. The molecule has 0 aliphatic carbocycles. The quantitative estimate of drug-likeness (QED) is 0.617. The van der Waals surface area contributed by atoms with Gasteiger partial charge in [-0.1, -0.05) is 30.7 Å². The Hall–Kier alpha value is -2.73. The largest absolute Gasteiger partial charge is 0.497 e. The summed E-state index contributed by atoms with van der Waals surface area (Å²) in [5.41, 5.74) is 0.475. The van der Waals surface area contributed by atoms with Gasteiger partial charge in [0.1, 0.15) is 17.5 Å². The summed E-state index contributed by atoms with van der Waals surface area (Å²) in [5, 5.41) is 3.59. The van der Waals surface area contributed by atoms with Crippen molar-refractivity contribution in [3.8, 4) is 11.5 Å². The molecular formula is C24H31ClN2O4. The van der Waals surface area contributed by atoms with Crippen LogP contribution in [0.1, 0.15) is 39.7 Å². The van der Waals surface area contributed by atoms with Crippen LogP contribution in [0.5, 0.6) is 11.5 Å². The topological polar surface area (TPSA) is 67.9 Å². The first-order valence-corrected chi connectivity index (χ1v) is 10.6. The third-order valence-electron chi connectivity index (χ3n) is 4.57. The lowest BCUT2D eigenvalue weighted by molar-refractivity contribution is -0.143. The van der Waals surface area contributed by atoms with Gasteiger partial charge in [0, 0.05) is 17.1 Å². The summed E-state index contributed by atoms with van der Waals surface area (Å²) in [6.07, 6.45) is 0.476. The van der Waals surface area contributed by atoms with Crippen molar-refractivity contribution in [2.45, 2.75) is 52.2 Å². The van der Waals surface area contributed by atoms with E-state index in [1.165, 1.54) is 0 Å². The molecule has 0 saturated heterocycles. The van der Waals surface area contributed by atoms with Crippen LogP contribution in [-0.4, -0.2) is 42.0 Å². The van der Waals surface area contributed by atoms with Crippen LogP contribution in [0.15, 0.2) is 48.5 Å². The number of amides is 2. The third kappa shape index (κ3) is 7.79. The van der Waals surface area contributed by atoms with Gasteiger partial charge in [-0.15, -0.1) is 0 Å². The summed E-state index contributed by atoms with van der Waals surface area (Å²) < 4.78 is 10.8. The maximum absolute atomic E-state index is 13.2. The third-order valence-corrected chi connectivity index (χ3v) is 4.82. The van der Waals surface area contributed by atoms with Gasteiger partial charge in [-0.05, 0) is 69.2 Å². The van der Waals surface area contributed by atoms with E-state index in [-0.39, 0.29) is 25.0 Å². The summed E-state index contributed by atoms with van der Waals surface area (Å²) in [6, 6.07) is 13.6. The zero-order chi connectivity index (χ0) is 23.0. The van der Waals surface area contributed by atoms with E-state index < -0.39 is 11.6 Å². The second kappa shape index (κ2) is 11.0. The predicted molar refractivity (Wildman–Crippen MR) is 122 cm³/mol. The Morgan fingerprint density at radius 2 is 1.61 bits per heavy atom. The number of carbonyl (C=O) groups is 2. The van der Waals surface area contributed by atoms with Gasteiger partial charge in [0.2, 0.25) is 5.91 Å². The number of ether oxygens (including phenoxy) is 2. The highest BCUT2D eigenvalue weighted by molar-refractivity contribution is 6.30. The molecule has 6 nitrogen and oxygen atoms in total. The molecule has 7 heteroatoms. The van der Waals surface area contributed by atoms with Crippen molar-refractivity contribution in [1.82, 2.24) is 10.2 Å². The van der Waals surface area contributed by atoms with E-state index in [1.807, 2.05) is 39.8 Å². The zero-order valence-corrected chi connectivity index (χ0v) is 19.5. The van der Waals surface area contributed by atoms with Crippen molar-refractivity contribution < 1.29 is 19.1 Å². The van der Waals surface area contributed by atoms with Crippen LogP contribution in [0, 0.1) is 0 Å². The lowest BCUT2D eigenvalue weighted by Gasteiger charge is -2.33. The van der Waals surface area contributed by atoms with E-state index in [9.17, 15) is 9.59 Å². The highest BCUT2D eigenvalue weighted by Gasteiger charge is 2.30. The number of carbonyl (C=O) groups excluding carboxylic acids is 2. The van der Waals surface area contributed by atoms with Crippen molar-refractivity contribution in [2.75, 3.05) is 13.7 Å². The number of rotatable bonds is 9. The average Bonchev–Trinajstić information content (AvgIpc) is 2.72. The molecule has 0 unspecified atom stereocenters. The molecule has 0 spiro atoms. The molecule has 2 aromatic carbocycles. The number of nitrogens with zero attached hydrogens (tertiary/aromatic N) is 1. The van der Waals surface area contributed by atoms with E-state index in [4.69, 9.17) is 21.1 Å². The van der Waals surface area contributed by atoms with Gasteiger partial charge in [0.25, 0.3) is 5.91 Å². The predicted octanol–water partition coefficient (Wildman–Crippen LogP) is 4.45. The van der Waals surface area contributed by atoms with Crippen molar-refractivity contribution in [2.24, 2.45) is 0 Å². The van der Waals surface area contributed by atoms with Crippen molar-refractivity contribution in [3.05, 3.63) is 59.1 Å². The summed E-state index contributed by atoms with van der Waals surface area (Å²) in [6.45, 7) is 7.72. The molecule has 0 radical (unpaired) electrons. The molecule has 0 saturated carbocycles. The molecule has 1 N–H and O–H groups in total. The van der Waals surface area contributed by atoms with Crippen molar-refractivity contribution in [3.63, 3.8) is 0 Å². The minimum absolute atomic E-state index is 0.181. The molecule has 2 aromatic rings. The average molecular weight is 447 g/mol. The van der Waals surface area contributed by atoms with E-state index in [0.29, 0.717) is 22.9 Å². The Morgan fingerprint density at radius 3 is 2.13 bits per heavy atom. The molecule has 0 aliphatic rings. The lowest BCUT2D eigenvalue weighted by atomic mass is 10.1. The highest BCUT2D eigenvalue weighted by atomic mass is 35.5. The highest BCUT2D eigenvalue weighted by Crippen LogP contribution is 2.19. The van der Waals surface area contributed by atoms with Crippen LogP contribution in [0.2, 0.25) is 5.02 Å². The normalized spacial score (nSPS) is 12.1. The van der Waals surface area contributed by atoms with Gasteiger partial charge >= 0.3 is 0 Å². The van der Waals surface area contributed by atoms with Gasteiger partial charge in [-0.25, -0.2) is 0 Å². The first-order valence-electron chi connectivity index (χ1n) is 10.3. The summed E-state index contributed by atoms with van der Waals surface area (Å²) in [5.74, 6) is 0.782. The zero-order valence-electron chi connectivity index (χ0n) is 18.8. The van der Waals surface area contributed by atoms with Gasteiger partial charge in [0.15, 0.2) is 6.61 Å². The monoisotopic (exact) mass is 446 g/mol. The molecule has 31 heavy (non-hydrogen) atoms. The minimum atomic E-state index is -0.623. The van der Waals surface area contributed by atoms with Crippen LogP contribution in [0.4, 0.5) is 0 Å². The lowest BCUT2D eigenvalue weighted by Crippen LogP contribution is -2.54. The van der Waals surface area contributed by atoms with Crippen molar-refractivity contribution in [1.29, 1.82) is 0 Å². The number of benzene rings is 2. The van der Waals surface area contributed by atoms with Crippen LogP contribution < -0.4 is 14.8 Å². The first-order chi connectivity index (χ1) is 14.6. The molecule has 168 valence electrons. The van der Waals surface area contributed by atoms with E-state index in [2.05, 4.69) is 5.32 Å². The fourth-order valence-corrected chi connectivity index (χ4v) is 3.18. The molecule has 0 heterocycles. The first kappa shape index (κ1) is 24.5. The number of hydrogen-bond donors (Lipinski definition) is 1. The molecule has 0 aromatic heterocycles. The molecule has 0 fully saturated rings. The standard InChI is InChI=1S/C24H31ClN2O4/c1-6-21(23(29)26-24(2,3)4)27(15-17-7-9-18(25)10-8-17)22(28)16-31-20-13-11-19(30-5)12-14-20/h7-14,21H,6,15-16H2,1-5H3,(H,26,29)/t21-/m0/s1. The van der Waals surface area contributed by atoms with Gasteiger partial charge in [0.05, 0.1) is 7.11 Å².